The average Bonchev–Trinajstić information content (AvgIpc) is 2.55. The Kier molecular flexibility index (Phi) is 3.09. The van der Waals surface area contributed by atoms with Gasteiger partial charge in [0, 0.05) is 20.9 Å². The molecule has 0 aliphatic carbocycles. The summed E-state index contributed by atoms with van der Waals surface area (Å²) in [7, 11) is 0. The number of pyridine rings is 1. The third-order valence-corrected chi connectivity index (χ3v) is 4.34. The van der Waals surface area contributed by atoms with E-state index in [0.29, 0.717) is 0 Å². The first-order valence-corrected chi connectivity index (χ1v) is 7.83. The molecule has 3 heteroatoms. The Morgan fingerprint density at radius 3 is 1.91 bits per heavy atom. The summed E-state index contributed by atoms with van der Waals surface area (Å²) in [6.45, 7) is 0. The van der Waals surface area contributed by atoms with Crippen molar-refractivity contribution >= 4 is 37.7 Å². The lowest BCUT2D eigenvalue weighted by molar-refractivity contribution is 1.16. The van der Waals surface area contributed by atoms with Gasteiger partial charge in [-0.15, -0.1) is 0 Å². The molecule has 0 spiro atoms. The van der Waals surface area contributed by atoms with Crippen molar-refractivity contribution in [2.24, 2.45) is 0 Å². The molecule has 2 nitrogen and oxygen atoms in total. The van der Waals surface area contributed by atoms with Crippen LogP contribution < -0.4 is 5.43 Å². The maximum Gasteiger partial charge on any atom is 0.197 e. The highest BCUT2D eigenvalue weighted by Gasteiger charge is 2.11. The monoisotopic (exact) mass is 349 g/mol. The van der Waals surface area contributed by atoms with E-state index in [1.54, 1.807) is 0 Å². The summed E-state index contributed by atoms with van der Waals surface area (Å²) in [5.41, 5.74) is 2.95. The van der Waals surface area contributed by atoms with Crippen molar-refractivity contribution in [2.75, 3.05) is 0 Å². The van der Waals surface area contributed by atoms with Gasteiger partial charge in [0.05, 0.1) is 11.0 Å². The van der Waals surface area contributed by atoms with E-state index in [0.717, 1.165) is 32.0 Å². The van der Waals surface area contributed by atoms with Crippen LogP contribution in [-0.2, 0) is 0 Å². The lowest BCUT2D eigenvalue weighted by atomic mass is 10.1. The predicted molar refractivity (Wildman–Crippen MR) is 94.8 cm³/mol. The fourth-order valence-corrected chi connectivity index (χ4v) is 3.28. The van der Waals surface area contributed by atoms with E-state index in [1.165, 1.54) is 0 Å². The van der Waals surface area contributed by atoms with Gasteiger partial charge in [-0.3, -0.25) is 4.79 Å². The first-order chi connectivity index (χ1) is 10.8. The largest absolute Gasteiger partial charge is 0.309 e. The number of benzene rings is 3. The standard InChI is InChI=1S/C19H12BrNO/c20-13-6-5-7-14(12-13)21-17-10-3-1-8-15(17)19(22)16-9-2-4-11-18(16)21/h1-12H. The number of aromatic nitrogens is 1. The summed E-state index contributed by atoms with van der Waals surface area (Å²) in [5, 5.41) is 1.47. The number of halogens is 1. The predicted octanol–water partition coefficient (Wildman–Crippen LogP) is 4.91. The average molecular weight is 350 g/mol. The summed E-state index contributed by atoms with van der Waals surface area (Å²) >= 11 is 3.53. The van der Waals surface area contributed by atoms with E-state index in [4.69, 9.17) is 0 Å². The van der Waals surface area contributed by atoms with Crippen LogP contribution in [0, 0.1) is 0 Å². The van der Waals surface area contributed by atoms with Crippen LogP contribution in [0.2, 0.25) is 0 Å². The van der Waals surface area contributed by atoms with Gasteiger partial charge in [0.2, 0.25) is 0 Å². The molecular weight excluding hydrogens is 338 g/mol. The van der Waals surface area contributed by atoms with Gasteiger partial charge < -0.3 is 4.57 Å². The zero-order chi connectivity index (χ0) is 15.1. The highest BCUT2D eigenvalue weighted by molar-refractivity contribution is 9.10. The van der Waals surface area contributed by atoms with Crippen molar-refractivity contribution in [1.29, 1.82) is 0 Å². The molecule has 1 aromatic heterocycles. The van der Waals surface area contributed by atoms with Crippen molar-refractivity contribution in [3.8, 4) is 5.69 Å². The third kappa shape index (κ3) is 1.97. The van der Waals surface area contributed by atoms with Crippen molar-refractivity contribution in [3.05, 3.63) is 87.5 Å². The Labute approximate surface area is 135 Å². The lowest BCUT2D eigenvalue weighted by Gasteiger charge is -2.15. The molecule has 0 bridgehead atoms. The minimum absolute atomic E-state index is 0.0810. The molecule has 4 aromatic rings. The normalized spacial score (nSPS) is 11.1. The second-order valence-electron chi connectivity index (χ2n) is 5.18. The zero-order valence-corrected chi connectivity index (χ0v) is 13.2. The fraction of sp³-hybridized carbons (Fsp3) is 0. The molecule has 4 rings (SSSR count). The van der Waals surface area contributed by atoms with Crippen molar-refractivity contribution in [3.63, 3.8) is 0 Å². The summed E-state index contributed by atoms with van der Waals surface area (Å²) in [6, 6.07) is 23.6. The third-order valence-electron chi connectivity index (χ3n) is 3.85. The second-order valence-corrected chi connectivity index (χ2v) is 6.09. The summed E-state index contributed by atoms with van der Waals surface area (Å²) in [6.07, 6.45) is 0. The number of fused-ring (bicyclic) bond motifs is 2. The fourth-order valence-electron chi connectivity index (χ4n) is 2.89. The van der Waals surface area contributed by atoms with Crippen molar-refractivity contribution in [2.45, 2.75) is 0 Å². The number of nitrogens with zero attached hydrogens (tertiary/aromatic N) is 1. The molecule has 0 aliphatic rings. The molecule has 1 heterocycles. The topological polar surface area (TPSA) is 22.0 Å². The SMILES string of the molecule is O=c1c2ccccc2n(-c2cccc(Br)c2)c2ccccc12. The maximum atomic E-state index is 12.7. The number of rotatable bonds is 1. The molecule has 0 N–H and O–H groups in total. The van der Waals surface area contributed by atoms with Gasteiger partial charge in [-0.1, -0.05) is 46.3 Å². The molecule has 106 valence electrons. The van der Waals surface area contributed by atoms with E-state index in [-0.39, 0.29) is 5.43 Å². The quantitative estimate of drug-likeness (QED) is 0.447. The Bertz CT molecular complexity index is 1010. The van der Waals surface area contributed by atoms with Gasteiger partial charge in [0.25, 0.3) is 0 Å². The summed E-state index contributed by atoms with van der Waals surface area (Å²) < 4.78 is 3.15. The molecule has 0 saturated heterocycles. The van der Waals surface area contributed by atoms with E-state index < -0.39 is 0 Å². The second kappa shape index (κ2) is 5.11. The van der Waals surface area contributed by atoms with Crippen molar-refractivity contribution in [1.82, 2.24) is 4.57 Å². The van der Waals surface area contributed by atoms with E-state index >= 15 is 0 Å². The van der Waals surface area contributed by atoms with Crippen molar-refractivity contribution < 1.29 is 0 Å². The molecule has 0 saturated carbocycles. The summed E-state index contributed by atoms with van der Waals surface area (Å²) in [5.74, 6) is 0. The smallest absolute Gasteiger partial charge is 0.197 e. The molecule has 0 aliphatic heterocycles. The minimum atomic E-state index is 0.0810. The Morgan fingerprint density at radius 1 is 0.727 bits per heavy atom. The molecule has 3 aromatic carbocycles. The van der Waals surface area contributed by atoms with Gasteiger partial charge in [0.15, 0.2) is 5.43 Å². The number of para-hydroxylation sites is 2. The molecule has 0 fully saturated rings. The highest BCUT2D eigenvalue weighted by Crippen LogP contribution is 2.25. The van der Waals surface area contributed by atoms with E-state index in [1.807, 2.05) is 66.7 Å². The van der Waals surface area contributed by atoms with Crippen LogP contribution in [0.1, 0.15) is 0 Å². The highest BCUT2D eigenvalue weighted by atomic mass is 79.9. The van der Waals surface area contributed by atoms with Gasteiger partial charge in [-0.25, -0.2) is 0 Å². The van der Waals surface area contributed by atoms with Crippen LogP contribution >= 0.6 is 15.9 Å². The van der Waals surface area contributed by atoms with Gasteiger partial charge in [0.1, 0.15) is 0 Å². The zero-order valence-electron chi connectivity index (χ0n) is 11.7. The first kappa shape index (κ1) is 13.3. The van der Waals surface area contributed by atoms with E-state index in [9.17, 15) is 4.79 Å². The summed E-state index contributed by atoms with van der Waals surface area (Å²) in [4.78, 5) is 12.7. The molecule has 22 heavy (non-hydrogen) atoms. The van der Waals surface area contributed by atoms with Crippen LogP contribution in [0.25, 0.3) is 27.5 Å². The Hall–Kier alpha value is -2.39. The van der Waals surface area contributed by atoms with Gasteiger partial charge in [-0.2, -0.15) is 0 Å². The lowest BCUT2D eigenvalue weighted by Crippen LogP contribution is -2.10. The van der Waals surface area contributed by atoms with Gasteiger partial charge in [-0.05, 0) is 42.5 Å². The maximum absolute atomic E-state index is 12.7. The first-order valence-electron chi connectivity index (χ1n) is 7.04. The molecular formula is C19H12BrNO. The Balaban J connectivity index is 2.28. The van der Waals surface area contributed by atoms with Gasteiger partial charge >= 0.3 is 0 Å². The van der Waals surface area contributed by atoms with Crippen LogP contribution in [-0.4, -0.2) is 4.57 Å². The molecule has 0 atom stereocenters. The van der Waals surface area contributed by atoms with Crippen LogP contribution in [0.3, 0.4) is 0 Å². The van der Waals surface area contributed by atoms with Crippen LogP contribution in [0.15, 0.2) is 82.1 Å². The number of hydrogen-bond donors (Lipinski definition) is 0. The molecule has 0 unspecified atom stereocenters. The van der Waals surface area contributed by atoms with Crippen LogP contribution in [0.4, 0.5) is 0 Å². The van der Waals surface area contributed by atoms with E-state index in [2.05, 4.69) is 26.6 Å². The molecule has 0 radical (unpaired) electrons. The minimum Gasteiger partial charge on any atom is -0.309 e. The Morgan fingerprint density at radius 2 is 1.32 bits per heavy atom. The number of hydrogen-bond acceptors (Lipinski definition) is 1. The van der Waals surface area contributed by atoms with Crippen LogP contribution in [0.5, 0.6) is 0 Å². The molecule has 0 amide bonds.